The zero-order valence-corrected chi connectivity index (χ0v) is 13.1. The Morgan fingerprint density at radius 2 is 2.00 bits per heavy atom. The third-order valence-corrected chi connectivity index (χ3v) is 4.11. The second-order valence-electron chi connectivity index (χ2n) is 4.98. The molecule has 2 aromatic carbocycles. The first kappa shape index (κ1) is 15.2. The van der Waals surface area contributed by atoms with Crippen molar-refractivity contribution in [1.29, 1.82) is 0 Å². The van der Waals surface area contributed by atoms with E-state index in [0.29, 0.717) is 0 Å². The van der Waals surface area contributed by atoms with Gasteiger partial charge in [-0.2, -0.15) is 11.8 Å². The lowest BCUT2D eigenvalue weighted by Gasteiger charge is -2.17. The number of thioether (sulfide) groups is 1. The summed E-state index contributed by atoms with van der Waals surface area (Å²) in [5, 5.41) is 2.51. The highest BCUT2D eigenvalue weighted by Gasteiger charge is 2.12. The van der Waals surface area contributed by atoms with Crippen molar-refractivity contribution in [3.63, 3.8) is 0 Å². The van der Waals surface area contributed by atoms with Crippen LogP contribution in [0.25, 0.3) is 10.8 Å². The third-order valence-electron chi connectivity index (χ3n) is 3.53. The number of fused-ring (bicyclic) bond motifs is 1. The van der Waals surface area contributed by atoms with Gasteiger partial charge in [0.1, 0.15) is 5.75 Å². The highest BCUT2D eigenvalue weighted by molar-refractivity contribution is 7.98. The molecule has 0 aliphatic heterocycles. The molecule has 2 nitrogen and oxygen atoms in total. The van der Waals surface area contributed by atoms with E-state index in [1.54, 1.807) is 11.8 Å². The summed E-state index contributed by atoms with van der Waals surface area (Å²) < 4.78 is 5.95. The maximum Gasteiger partial charge on any atom is 0.123 e. The molecule has 0 bridgehead atoms. The highest BCUT2D eigenvalue weighted by Crippen LogP contribution is 2.29. The van der Waals surface area contributed by atoms with Crippen LogP contribution in [0, 0.1) is 0 Å². The van der Waals surface area contributed by atoms with Crippen LogP contribution < -0.4 is 10.5 Å². The first-order valence-corrected chi connectivity index (χ1v) is 8.53. The molecule has 0 radical (unpaired) electrons. The molecule has 108 valence electrons. The van der Waals surface area contributed by atoms with Gasteiger partial charge in [-0.05, 0) is 35.9 Å². The van der Waals surface area contributed by atoms with Crippen molar-refractivity contribution in [1.82, 2.24) is 0 Å². The average Bonchev–Trinajstić information content (AvgIpc) is 2.49. The molecule has 1 atom stereocenters. The Bertz CT molecular complexity index is 556. The van der Waals surface area contributed by atoms with Crippen molar-refractivity contribution in [2.24, 2.45) is 5.73 Å². The van der Waals surface area contributed by atoms with Crippen LogP contribution in [0.2, 0.25) is 0 Å². The van der Waals surface area contributed by atoms with Gasteiger partial charge in [-0.25, -0.2) is 0 Å². The molecular weight excluding hydrogens is 266 g/mol. The minimum absolute atomic E-state index is 0.184. The van der Waals surface area contributed by atoms with E-state index in [4.69, 9.17) is 10.5 Å². The van der Waals surface area contributed by atoms with Crippen LogP contribution in [0.3, 0.4) is 0 Å². The van der Waals surface area contributed by atoms with Crippen LogP contribution >= 0.6 is 11.8 Å². The van der Waals surface area contributed by atoms with Gasteiger partial charge >= 0.3 is 0 Å². The van der Waals surface area contributed by atoms with Crippen molar-refractivity contribution in [3.05, 3.63) is 42.0 Å². The van der Waals surface area contributed by atoms with Crippen LogP contribution in [-0.4, -0.2) is 24.7 Å². The van der Waals surface area contributed by atoms with Gasteiger partial charge in [0, 0.05) is 17.4 Å². The summed E-state index contributed by atoms with van der Waals surface area (Å²) in [6.45, 7) is 2.87. The summed E-state index contributed by atoms with van der Waals surface area (Å²) in [6, 6.07) is 12.8. The molecule has 3 heteroatoms. The van der Waals surface area contributed by atoms with Gasteiger partial charge in [0.05, 0.1) is 6.61 Å². The van der Waals surface area contributed by atoms with Crippen LogP contribution in [0.15, 0.2) is 36.4 Å². The van der Waals surface area contributed by atoms with Gasteiger partial charge in [-0.3, -0.25) is 0 Å². The lowest BCUT2D eigenvalue weighted by molar-refractivity contribution is 0.340. The lowest BCUT2D eigenvalue weighted by Crippen LogP contribution is -2.22. The molecular formula is C17H23NOS. The van der Waals surface area contributed by atoms with Gasteiger partial charge < -0.3 is 10.5 Å². The molecule has 0 aliphatic carbocycles. The number of nitrogens with two attached hydrogens (primary N) is 1. The summed E-state index contributed by atoms with van der Waals surface area (Å²) in [7, 11) is 0. The minimum atomic E-state index is 0.184. The maximum absolute atomic E-state index is 6.16. The maximum atomic E-state index is 6.16. The molecule has 0 spiro atoms. The second-order valence-corrected chi connectivity index (χ2v) is 5.96. The van der Waals surface area contributed by atoms with E-state index >= 15 is 0 Å². The number of rotatable bonds is 7. The predicted molar refractivity (Wildman–Crippen MR) is 89.8 cm³/mol. The quantitative estimate of drug-likeness (QED) is 0.786. The van der Waals surface area contributed by atoms with Gasteiger partial charge in [0.25, 0.3) is 0 Å². The Morgan fingerprint density at radius 3 is 2.75 bits per heavy atom. The summed E-state index contributed by atoms with van der Waals surface area (Å²) in [6.07, 6.45) is 3.94. The van der Waals surface area contributed by atoms with E-state index in [2.05, 4.69) is 49.6 Å². The Morgan fingerprint density at radius 1 is 1.20 bits per heavy atom. The average molecular weight is 289 g/mol. The largest absolute Gasteiger partial charge is 0.492 e. The molecule has 20 heavy (non-hydrogen) atoms. The fourth-order valence-corrected chi connectivity index (χ4v) is 2.55. The van der Waals surface area contributed by atoms with Gasteiger partial charge in [-0.15, -0.1) is 0 Å². The normalized spacial score (nSPS) is 12.6. The molecule has 2 aromatic rings. The Labute approximate surface area is 125 Å². The molecule has 0 heterocycles. The zero-order chi connectivity index (χ0) is 14.4. The summed E-state index contributed by atoms with van der Waals surface area (Å²) >= 11 is 1.80. The van der Waals surface area contributed by atoms with Crippen LogP contribution in [0.1, 0.15) is 18.9 Å². The predicted octanol–water partition coefficient (Wildman–Crippen LogP) is 3.86. The molecule has 0 amide bonds. The van der Waals surface area contributed by atoms with E-state index in [1.165, 1.54) is 16.3 Å². The van der Waals surface area contributed by atoms with Crippen molar-refractivity contribution in [2.45, 2.75) is 25.8 Å². The first-order valence-electron chi connectivity index (χ1n) is 7.14. The van der Waals surface area contributed by atoms with Crippen LogP contribution in [0.4, 0.5) is 0 Å². The molecule has 0 saturated carbocycles. The van der Waals surface area contributed by atoms with Gasteiger partial charge in [-0.1, -0.05) is 37.3 Å². The SMILES string of the molecule is CCC(N)Cc1c(OCCSC)ccc2ccccc12. The molecule has 2 N–H and O–H groups in total. The summed E-state index contributed by atoms with van der Waals surface area (Å²) in [5.41, 5.74) is 7.41. The molecule has 0 saturated heterocycles. The smallest absolute Gasteiger partial charge is 0.123 e. The van der Waals surface area contributed by atoms with Crippen molar-refractivity contribution in [2.75, 3.05) is 18.6 Å². The second kappa shape index (κ2) is 7.55. The van der Waals surface area contributed by atoms with Crippen LogP contribution in [-0.2, 0) is 6.42 Å². The van der Waals surface area contributed by atoms with E-state index < -0.39 is 0 Å². The first-order chi connectivity index (χ1) is 9.76. The van der Waals surface area contributed by atoms with Crippen molar-refractivity contribution < 1.29 is 4.74 Å². The number of ether oxygens (including phenoxy) is 1. The number of hydrogen-bond donors (Lipinski definition) is 1. The summed E-state index contributed by atoms with van der Waals surface area (Å²) in [4.78, 5) is 0. The van der Waals surface area contributed by atoms with Gasteiger partial charge in [0.2, 0.25) is 0 Å². The van der Waals surface area contributed by atoms with Crippen molar-refractivity contribution >= 4 is 22.5 Å². The zero-order valence-electron chi connectivity index (χ0n) is 12.3. The van der Waals surface area contributed by atoms with E-state index in [-0.39, 0.29) is 6.04 Å². The molecule has 0 aromatic heterocycles. The minimum Gasteiger partial charge on any atom is -0.492 e. The van der Waals surface area contributed by atoms with Crippen molar-refractivity contribution in [3.8, 4) is 5.75 Å². The molecule has 2 rings (SSSR count). The topological polar surface area (TPSA) is 35.2 Å². The fourth-order valence-electron chi connectivity index (χ4n) is 2.30. The van der Waals surface area contributed by atoms with Crippen LogP contribution in [0.5, 0.6) is 5.75 Å². The molecule has 1 unspecified atom stereocenters. The van der Waals surface area contributed by atoms with E-state index in [9.17, 15) is 0 Å². The standard InChI is InChI=1S/C17H23NOS/c1-3-14(18)12-16-15-7-5-4-6-13(15)8-9-17(16)19-10-11-20-2/h4-9,14H,3,10-12,18H2,1-2H3. The summed E-state index contributed by atoms with van der Waals surface area (Å²) in [5.74, 6) is 1.99. The Balaban J connectivity index is 2.36. The van der Waals surface area contributed by atoms with Gasteiger partial charge in [0.15, 0.2) is 0 Å². The highest BCUT2D eigenvalue weighted by atomic mass is 32.2. The van der Waals surface area contributed by atoms with E-state index in [0.717, 1.165) is 31.0 Å². The fraction of sp³-hybridized carbons (Fsp3) is 0.412. The number of hydrogen-bond acceptors (Lipinski definition) is 3. The number of benzene rings is 2. The molecule has 0 aliphatic rings. The third kappa shape index (κ3) is 3.68. The monoisotopic (exact) mass is 289 g/mol. The molecule has 0 fully saturated rings. The Kier molecular flexibility index (Phi) is 5.74. The Hall–Kier alpha value is -1.19. The van der Waals surface area contributed by atoms with E-state index in [1.807, 2.05) is 0 Å². The lowest BCUT2D eigenvalue weighted by atomic mass is 9.97.